The van der Waals surface area contributed by atoms with Crippen molar-refractivity contribution in [1.29, 1.82) is 5.41 Å². The molecule has 0 fully saturated rings. The summed E-state index contributed by atoms with van der Waals surface area (Å²) in [5.41, 5.74) is 1.28. The van der Waals surface area contributed by atoms with Gasteiger partial charge < -0.3 is 10.1 Å². The van der Waals surface area contributed by atoms with Crippen molar-refractivity contribution in [3.8, 4) is 5.88 Å². The number of methoxy groups -OCH3 is 1. The van der Waals surface area contributed by atoms with Crippen molar-refractivity contribution < 1.29 is 9.13 Å². The van der Waals surface area contributed by atoms with Crippen LogP contribution in [0.5, 0.6) is 5.88 Å². The molecule has 0 radical (unpaired) electrons. The summed E-state index contributed by atoms with van der Waals surface area (Å²) in [7, 11) is 1.53. The Kier molecular flexibility index (Phi) is 3.52. The van der Waals surface area contributed by atoms with Crippen molar-refractivity contribution in [2.75, 3.05) is 12.4 Å². The van der Waals surface area contributed by atoms with E-state index >= 15 is 0 Å². The number of halogens is 1. The standard InChI is InChI=1S/C13H12FN3O/c1-18-12-7-2-9(8-16-12)13(15)17-11-5-3-10(14)4-6-11/h2-8H,1H3,(H2,15,17). The highest BCUT2D eigenvalue weighted by Crippen LogP contribution is 2.11. The van der Waals surface area contributed by atoms with Gasteiger partial charge in [0.25, 0.3) is 0 Å². The molecular formula is C13H12FN3O. The number of ether oxygens (including phenoxy) is 1. The lowest BCUT2D eigenvalue weighted by Gasteiger charge is -2.08. The topological polar surface area (TPSA) is 58.0 Å². The highest BCUT2D eigenvalue weighted by Gasteiger charge is 2.03. The fraction of sp³-hybridized carbons (Fsp3) is 0.0769. The monoisotopic (exact) mass is 245 g/mol. The molecule has 0 saturated heterocycles. The van der Waals surface area contributed by atoms with E-state index in [1.54, 1.807) is 24.3 Å². The van der Waals surface area contributed by atoms with E-state index in [1.165, 1.54) is 25.4 Å². The normalized spacial score (nSPS) is 9.89. The first-order valence-corrected chi connectivity index (χ1v) is 5.30. The minimum Gasteiger partial charge on any atom is -0.481 e. The first kappa shape index (κ1) is 12.0. The molecule has 0 atom stereocenters. The van der Waals surface area contributed by atoms with E-state index in [0.29, 0.717) is 17.1 Å². The van der Waals surface area contributed by atoms with Gasteiger partial charge in [-0.1, -0.05) is 0 Å². The number of nitrogens with zero attached hydrogens (tertiary/aromatic N) is 1. The third-order valence-corrected chi connectivity index (χ3v) is 2.35. The molecule has 0 amide bonds. The van der Waals surface area contributed by atoms with Crippen LogP contribution < -0.4 is 10.1 Å². The summed E-state index contributed by atoms with van der Waals surface area (Å²) in [4.78, 5) is 4.01. The van der Waals surface area contributed by atoms with Gasteiger partial charge in [0.2, 0.25) is 5.88 Å². The quantitative estimate of drug-likeness (QED) is 0.645. The number of anilines is 1. The van der Waals surface area contributed by atoms with Crippen molar-refractivity contribution in [2.24, 2.45) is 0 Å². The molecule has 0 saturated carbocycles. The van der Waals surface area contributed by atoms with Gasteiger partial charge in [-0.05, 0) is 30.3 Å². The number of hydrogen-bond donors (Lipinski definition) is 2. The lowest BCUT2D eigenvalue weighted by Crippen LogP contribution is -2.12. The number of benzene rings is 1. The number of amidine groups is 1. The second-order valence-corrected chi connectivity index (χ2v) is 3.60. The van der Waals surface area contributed by atoms with E-state index in [1.807, 2.05) is 0 Å². The van der Waals surface area contributed by atoms with Gasteiger partial charge in [-0.3, -0.25) is 5.41 Å². The van der Waals surface area contributed by atoms with E-state index in [9.17, 15) is 4.39 Å². The number of nitrogens with one attached hydrogen (secondary N) is 2. The van der Waals surface area contributed by atoms with Crippen LogP contribution in [-0.2, 0) is 0 Å². The average Bonchev–Trinajstić information content (AvgIpc) is 2.41. The fourth-order valence-corrected chi connectivity index (χ4v) is 1.40. The molecule has 1 aromatic carbocycles. The number of pyridine rings is 1. The molecule has 1 aromatic heterocycles. The molecule has 0 aliphatic heterocycles. The van der Waals surface area contributed by atoms with Gasteiger partial charge in [0.1, 0.15) is 11.7 Å². The first-order valence-electron chi connectivity index (χ1n) is 5.30. The Morgan fingerprint density at radius 3 is 2.50 bits per heavy atom. The van der Waals surface area contributed by atoms with Gasteiger partial charge in [-0.2, -0.15) is 0 Å². The van der Waals surface area contributed by atoms with Crippen LogP contribution in [0.3, 0.4) is 0 Å². The van der Waals surface area contributed by atoms with Gasteiger partial charge >= 0.3 is 0 Å². The minimum absolute atomic E-state index is 0.191. The molecule has 0 aliphatic carbocycles. The van der Waals surface area contributed by atoms with Crippen LogP contribution >= 0.6 is 0 Å². The maximum atomic E-state index is 12.7. The summed E-state index contributed by atoms with van der Waals surface area (Å²) in [5.74, 6) is 0.378. The molecule has 92 valence electrons. The highest BCUT2D eigenvalue weighted by atomic mass is 19.1. The zero-order valence-corrected chi connectivity index (χ0v) is 9.77. The lowest BCUT2D eigenvalue weighted by molar-refractivity contribution is 0.398. The van der Waals surface area contributed by atoms with Crippen LogP contribution in [-0.4, -0.2) is 17.9 Å². The third-order valence-electron chi connectivity index (χ3n) is 2.35. The molecule has 4 nitrogen and oxygen atoms in total. The average molecular weight is 245 g/mol. The summed E-state index contributed by atoms with van der Waals surface area (Å²) < 4.78 is 17.7. The lowest BCUT2D eigenvalue weighted by atomic mass is 10.2. The summed E-state index contributed by atoms with van der Waals surface area (Å²) >= 11 is 0. The Hall–Kier alpha value is -2.43. The van der Waals surface area contributed by atoms with E-state index < -0.39 is 0 Å². The van der Waals surface area contributed by atoms with E-state index in [0.717, 1.165) is 0 Å². The van der Waals surface area contributed by atoms with Crippen molar-refractivity contribution in [1.82, 2.24) is 4.98 Å². The molecular weight excluding hydrogens is 233 g/mol. The Bertz CT molecular complexity index is 537. The minimum atomic E-state index is -0.307. The zero-order chi connectivity index (χ0) is 13.0. The van der Waals surface area contributed by atoms with Gasteiger partial charge in [0.05, 0.1) is 7.11 Å². The van der Waals surface area contributed by atoms with Gasteiger partial charge in [-0.15, -0.1) is 0 Å². The van der Waals surface area contributed by atoms with Crippen molar-refractivity contribution in [2.45, 2.75) is 0 Å². The van der Waals surface area contributed by atoms with E-state index in [4.69, 9.17) is 10.1 Å². The number of aromatic nitrogens is 1. The van der Waals surface area contributed by atoms with Crippen LogP contribution in [0.2, 0.25) is 0 Å². The van der Waals surface area contributed by atoms with Crippen LogP contribution in [0.15, 0.2) is 42.6 Å². The molecule has 1 heterocycles. The molecule has 0 spiro atoms. The Balaban J connectivity index is 2.09. The van der Waals surface area contributed by atoms with Crippen LogP contribution in [0.25, 0.3) is 0 Å². The maximum absolute atomic E-state index is 12.7. The molecule has 0 bridgehead atoms. The zero-order valence-electron chi connectivity index (χ0n) is 9.77. The summed E-state index contributed by atoms with van der Waals surface area (Å²) in [5, 5.41) is 10.7. The predicted octanol–water partition coefficient (Wildman–Crippen LogP) is 2.67. The van der Waals surface area contributed by atoms with Crippen molar-refractivity contribution in [3.05, 3.63) is 54.0 Å². The van der Waals surface area contributed by atoms with Crippen LogP contribution in [0.4, 0.5) is 10.1 Å². The van der Waals surface area contributed by atoms with Gasteiger partial charge in [-0.25, -0.2) is 9.37 Å². The van der Waals surface area contributed by atoms with Gasteiger partial charge in [0, 0.05) is 23.5 Å². The summed E-state index contributed by atoms with van der Waals surface area (Å²) in [6, 6.07) is 9.21. The Labute approximate surface area is 104 Å². The predicted molar refractivity (Wildman–Crippen MR) is 67.6 cm³/mol. The maximum Gasteiger partial charge on any atom is 0.212 e. The Morgan fingerprint density at radius 1 is 1.22 bits per heavy atom. The molecule has 0 aliphatic rings. The summed E-state index contributed by atoms with van der Waals surface area (Å²) in [6.07, 6.45) is 1.54. The van der Waals surface area contributed by atoms with Crippen LogP contribution in [0.1, 0.15) is 5.56 Å². The number of hydrogen-bond acceptors (Lipinski definition) is 3. The smallest absolute Gasteiger partial charge is 0.212 e. The number of rotatable bonds is 3. The first-order chi connectivity index (χ1) is 8.69. The molecule has 2 N–H and O–H groups in total. The second kappa shape index (κ2) is 5.27. The SMILES string of the molecule is COc1ccc(C(=N)Nc2ccc(F)cc2)cn1. The molecule has 2 aromatic rings. The highest BCUT2D eigenvalue weighted by molar-refractivity contribution is 6.05. The Morgan fingerprint density at radius 2 is 1.94 bits per heavy atom. The molecule has 18 heavy (non-hydrogen) atoms. The molecule has 0 unspecified atom stereocenters. The van der Waals surface area contributed by atoms with Crippen molar-refractivity contribution in [3.63, 3.8) is 0 Å². The second-order valence-electron chi connectivity index (χ2n) is 3.60. The fourth-order valence-electron chi connectivity index (χ4n) is 1.40. The largest absolute Gasteiger partial charge is 0.481 e. The van der Waals surface area contributed by atoms with Gasteiger partial charge in [0.15, 0.2) is 0 Å². The third kappa shape index (κ3) is 2.82. The van der Waals surface area contributed by atoms with E-state index in [-0.39, 0.29) is 11.7 Å². The molecule has 2 rings (SSSR count). The van der Waals surface area contributed by atoms with Crippen molar-refractivity contribution >= 4 is 11.5 Å². The molecule has 5 heteroatoms. The van der Waals surface area contributed by atoms with Crippen LogP contribution in [0, 0.1) is 11.2 Å². The van der Waals surface area contributed by atoms with E-state index in [2.05, 4.69) is 10.3 Å². The summed E-state index contributed by atoms with van der Waals surface area (Å²) in [6.45, 7) is 0.